The summed E-state index contributed by atoms with van der Waals surface area (Å²) < 4.78 is 10.9. The summed E-state index contributed by atoms with van der Waals surface area (Å²) in [7, 11) is 1.31. The van der Waals surface area contributed by atoms with Crippen LogP contribution in [0.3, 0.4) is 0 Å². The van der Waals surface area contributed by atoms with Gasteiger partial charge in [0.25, 0.3) is 0 Å². The van der Waals surface area contributed by atoms with Gasteiger partial charge >= 0.3 is 5.97 Å². The summed E-state index contributed by atoms with van der Waals surface area (Å²) in [5, 5.41) is 6.92. The average Bonchev–Trinajstić information content (AvgIpc) is 3.44. The Bertz CT molecular complexity index is 1510. The molecular weight excluding hydrogens is 570 g/mol. The smallest absolute Gasteiger partial charge is 0.339 e. The van der Waals surface area contributed by atoms with Gasteiger partial charge in [-0.05, 0) is 31.0 Å². The van der Waals surface area contributed by atoms with Gasteiger partial charge in [-0.1, -0.05) is 41.6 Å². The highest BCUT2D eigenvalue weighted by atomic mass is 35.5. The minimum atomic E-state index is -0.506. The molecule has 1 fully saturated rings. The summed E-state index contributed by atoms with van der Waals surface area (Å²) in [5.41, 5.74) is 1.29. The number of rotatable bonds is 8. The van der Waals surface area contributed by atoms with E-state index in [-0.39, 0.29) is 11.5 Å². The molecule has 0 saturated carbocycles. The van der Waals surface area contributed by atoms with Crippen molar-refractivity contribution in [2.45, 2.75) is 35.6 Å². The van der Waals surface area contributed by atoms with Crippen LogP contribution >= 0.6 is 34.7 Å². The largest absolute Gasteiger partial charge is 0.465 e. The predicted molar refractivity (Wildman–Crippen MR) is 155 cm³/mol. The van der Waals surface area contributed by atoms with Gasteiger partial charge in [0.15, 0.2) is 16.7 Å². The number of ether oxygens (including phenoxy) is 2. The second kappa shape index (κ2) is 12.7. The van der Waals surface area contributed by atoms with Crippen LogP contribution in [0.4, 0.5) is 10.9 Å². The Morgan fingerprint density at radius 2 is 1.90 bits per heavy atom. The first-order valence-electron chi connectivity index (χ1n) is 12.5. The van der Waals surface area contributed by atoms with E-state index in [1.807, 2.05) is 41.3 Å². The molecule has 0 bridgehead atoms. The summed E-state index contributed by atoms with van der Waals surface area (Å²) in [5.74, 6) is 1.61. The third-order valence-corrected chi connectivity index (χ3v) is 8.50. The van der Waals surface area contributed by atoms with Gasteiger partial charge < -0.3 is 19.7 Å². The quantitative estimate of drug-likeness (QED) is 0.220. The summed E-state index contributed by atoms with van der Waals surface area (Å²) in [6.45, 7) is 3.11. The first kappa shape index (κ1) is 27.9. The van der Waals surface area contributed by atoms with Crippen LogP contribution in [0, 0.1) is 0 Å². The zero-order valence-corrected chi connectivity index (χ0v) is 24.2. The number of nitrogens with one attached hydrogen (secondary N) is 1. The SMILES string of the molecule is COC(=O)c1cnc(Sc2cnc(Nc3nc(C4CCN(C(C)=O)CC4)cs3)c(Oc3ccccc3)c2)c(Cl)c1. The molecule has 1 aromatic carbocycles. The Morgan fingerprint density at radius 3 is 2.60 bits per heavy atom. The summed E-state index contributed by atoms with van der Waals surface area (Å²) in [6.07, 6.45) is 4.91. The number of para-hydroxylation sites is 1. The van der Waals surface area contributed by atoms with Crippen molar-refractivity contribution in [3.8, 4) is 11.5 Å². The maximum atomic E-state index is 11.8. The number of benzene rings is 1. The molecule has 0 aliphatic carbocycles. The Morgan fingerprint density at radius 1 is 1.12 bits per heavy atom. The molecule has 0 spiro atoms. The van der Waals surface area contributed by atoms with Crippen molar-refractivity contribution in [3.63, 3.8) is 0 Å². The van der Waals surface area contributed by atoms with Gasteiger partial charge in [-0.3, -0.25) is 4.79 Å². The van der Waals surface area contributed by atoms with Gasteiger partial charge in [0, 0.05) is 54.7 Å². The van der Waals surface area contributed by atoms with E-state index in [0.29, 0.717) is 38.4 Å². The number of piperidine rings is 1. The Hall–Kier alpha value is -3.67. The van der Waals surface area contributed by atoms with Gasteiger partial charge in [-0.15, -0.1) is 11.3 Å². The number of methoxy groups -OCH3 is 1. The predicted octanol–water partition coefficient (Wildman–Crippen LogP) is 6.79. The Balaban J connectivity index is 1.36. The van der Waals surface area contributed by atoms with Gasteiger partial charge in [-0.25, -0.2) is 19.7 Å². The topological polar surface area (TPSA) is 107 Å². The van der Waals surface area contributed by atoms with E-state index in [4.69, 9.17) is 26.1 Å². The number of esters is 1. The first-order valence-corrected chi connectivity index (χ1v) is 14.6. The molecule has 1 N–H and O–H groups in total. The molecular formula is C28H26ClN5O4S2. The summed E-state index contributed by atoms with van der Waals surface area (Å²) >= 11 is 9.20. The van der Waals surface area contributed by atoms with Gasteiger partial charge in [0.2, 0.25) is 5.91 Å². The fourth-order valence-electron chi connectivity index (χ4n) is 4.23. The molecule has 0 atom stereocenters. The third kappa shape index (κ3) is 6.72. The maximum absolute atomic E-state index is 11.8. The van der Waals surface area contributed by atoms with Crippen LogP contribution in [-0.4, -0.2) is 51.9 Å². The fourth-order valence-corrected chi connectivity index (χ4v) is 6.06. The van der Waals surface area contributed by atoms with Crippen LogP contribution in [0.2, 0.25) is 5.02 Å². The van der Waals surface area contributed by atoms with E-state index < -0.39 is 5.97 Å². The molecule has 4 heterocycles. The lowest BCUT2D eigenvalue weighted by atomic mass is 9.94. The number of aromatic nitrogens is 3. The zero-order valence-electron chi connectivity index (χ0n) is 21.8. The van der Waals surface area contributed by atoms with Gasteiger partial charge in [-0.2, -0.15) is 0 Å². The van der Waals surface area contributed by atoms with Crippen molar-refractivity contribution in [2.24, 2.45) is 0 Å². The highest BCUT2D eigenvalue weighted by molar-refractivity contribution is 7.99. The molecule has 0 radical (unpaired) electrons. The van der Waals surface area contributed by atoms with Crippen LogP contribution in [0.1, 0.15) is 41.7 Å². The molecule has 1 amide bonds. The average molecular weight is 596 g/mol. The number of amides is 1. The number of halogens is 1. The van der Waals surface area contributed by atoms with Crippen LogP contribution in [0.15, 0.2) is 70.2 Å². The first-order chi connectivity index (χ1) is 19.4. The molecule has 40 heavy (non-hydrogen) atoms. The lowest BCUT2D eigenvalue weighted by Gasteiger charge is -2.30. The molecule has 0 unspecified atom stereocenters. The molecule has 4 aromatic rings. The molecule has 1 aliphatic heterocycles. The van der Waals surface area contributed by atoms with Crippen molar-refractivity contribution in [1.29, 1.82) is 0 Å². The zero-order chi connectivity index (χ0) is 28.1. The van der Waals surface area contributed by atoms with Crippen molar-refractivity contribution in [1.82, 2.24) is 19.9 Å². The van der Waals surface area contributed by atoms with Crippen LogP contribution in [0.5, 0.6) is 11.5 Å². The molecule has 9 nitrogen and oxygen atoms in total. The van der Waals surface area contributed by atoms with Crippen molar-refractivity contribution in [3.05, 3.63) is 76.5 Å². The number of likely N-dealkylation sites (tertiary alicyclic amines) is 1. The van der Waals surface area contributed by atoms with E-state index in [1.54, 1.807) is 13.1 Å². The second-order valence-corrected chi connectivity index (χ2v) is 11.3. The number of anilines is 2. The van der Waals surface area contributed by atoms with Crippen molar-refractivity contribution < 1.29 is 19.1 Å². The summed E-state index contributed by atoms with van der Waals surface area (Å²) in [6, 6.07) is 12.8. The van der Waals surface area contributed by atoms with Gasteiger partial charge in [0.05, 0.1) is 23.4 Å². The maximum Gasteiger partial charge on any atom is 0.339 e. The highest BCUT2D eigenvalue weighted by Crippen LogP contribution is 2.38. The number of pyridine rings is 2. The minimum absolute atomic E-state index is 0.119. The van der Waals surface area contributed by atoms with E-state index >= 15 is 0 Å². The molecule has 206 valence electrons. The van der Waals surface area contributed by atoms with Crippen molar-refractivity contribution >= 4 is 57.5 Å². The lowest BCUT2D eigenvalue weighted by molar-refractivity contribution is -0.129. The van der Waals surface area contributed by atoms with Crippen LogP contribution in [-0.2, 0) is 9.53 Å². The number of nitrogens with zero attached hydrogens (tertiary/aromatic N) is 4. The highest BCUT2D eigenvalue weighted by Gasteiger charge is 2.24. The Kier molecular flexibility index (Phi) is 8.83. The van der Waals surface area contributed by atoms with E-state index in [9.17, 15) is 9.59 Å². The van der Waals surface area contributed by atoms with Gasteiger partial charge in [0.1, 0.15) is 10.8 Å². The molecule has 3 aromatic heterocycles. The van der Waals surface area contributed by atoms with E-state index in [2.05, 4.69) is 20.7 Å². The molecule has 1 aliphatic rings. The number of carbonyl (C=O) groups is 2. The molecule has 12 heteroatoms. The van der Waals surface area contributed by atoms with Crippen molar-refractivity contribution in [2.75, 3.05) is 25.5 Å². The standard InChI is InChI=1S/C28H26ClN5O4S2/c1-17(35)34-10-8-18(9-11-34)23-16-39-28(32-23)33-25-24(38-20-6-4-3-5-7-20)13-21(15-30-25)40-26-22(29)12-19(14-31-26)27(36)37-2/h3-7,12-16,18H,8-11H2,1-2H3,(H,30,32,33). The van der Waals surface area contributed by atoms with Crippen LogP contribution in [0.25, 0.3) is 0 Å². The monoisotopic (exact) mass is 595 g/mol. The molecule has 1 saturated heterocycles. The van der Waals surface area contributed by atoms with Crippen LogP contribution < -0.4 is 10.1 Å². The fraction of sp³-hybridized carbons (Fsp3) is 0.250. The lowest BCUT2D eigenvalue weighted by Crippen LogP contribution is -2.36. The Labute approximate surface area is 244 Å². The number of hydrogen-bond donors (Lipinski definition) is 1. The third-order valence-electron chi connectivity index (χ3n) is 6.35. The van der Waals surface area contributed by atoms with E-state index in [0.717, 1.165) is 36.5 Å². The number of carbonyl (C=O) groups excluding carboxylic acids is 2. The number of thiazole rings is 1. The van der Waals surface area contributed by atoms with E-state index in [1.165, 1.54) is 42.5 Å². The second-order valence-electron chi connectivity index (χ2n) is 9.02. The summed E-state index contributed by atoms with van der Waals surface area (Å²) in [4.78, 5) is 39.8. The molecule has 5 rings (SSSR count). The number of hydrogen-bond acceptors (Lipinski definition) is 10. The minimum Gasteiger partial charge on any atom is -0.465 e. The normalized spacial score (nSPS) is 13.6.